The molecule has 0 bridgehead atoms. The van der Waals surface area contributed by atoms with E-state index in [2.05, 4.69) is 10.5 Å². The van der Waals surface area contributed by atoms with Gasteiger partial charge in [0.25, 0.3) is 15.9 Å². The van der Waals surface area contributed by atoms with Crippen LogP contribution in [0.1, 0.15) is 33.6 Å². The summed E-state index contributed by atoms with van der Waals surface area (Å²) in [5.41, 5.74) is 9.02. The number of sulfonamides is 1. The molecule has 1 aromatic heterocycles. The minimum absolute atomic E-state index is 0.101. The molecular weight excluding hydrogens is 567 g/mol. The Labute approximate surface area is 245 Å². The van der Waals surface area contributed by atoms with Crippen LogP contribution in [0.2, 0.25) is 10.0 Å². The van der Waals surface area contributed by atoms with E-state index in [0.717, 1.165) is 43.6 Å². The Morgan fingerprint density at radius 3 is 2.23 bits per heavy atom. The molecule has 0 radical (unpaired) electrons. The molecule has 7 nitrogen and oxygen atoms in total. The molecule has 3 aromatic carbocycles. The molecule has 1 amide bonds. The highest BCUT2D eigenvalue weighted by atomic mass is 35.5. The van der Waals surface area contributed by atoms with Gasteiger partial charge < -0.3 is 4.57 Å². The van der Waals surface area contributed by atoms with Crippen LogP contribution in [-0.4, -0.2) is 31.7 Å². The number of carbonyl (C=O) groups is 1. The maximum atomic E-state index is 13.7. The Morgan fingerprint density at radius 2 is 1.57 bits per heavy atom. The summed E-state index contributed by atoms with van der Waals surface area (Å²) in [5, 5.41) is 5.04. The van der Waals surface area contributed by atoms with Crippen LogP contribution in [0.3, 0.4) is 0 Å². The van der Waals surface area contributed by atoms with Gasteiger partial charge in [0.2, 0.25) is 0 Å². The standard InChI is InChI=1S/C30H30Cl2N4O3S/c1-19-6-10-26(11-7-19)40(38,39)35(29-13-8-20(2)14-21(29)3)18-30(37)34-33-17-24-15-22(4)36(23(24)5)25-9-12-27(31)28(32)16-25/h6-17H,18H2,1-5H3,(H,34,37)/b33-17-. The van der Waals surface area contributed by atoms with Gasteiger partial charge in [-0.3, -0.25) is 9.10 Å². The maximum Gasteiger partial charge on any atom is 0.264 e. The molecule has 0 saturated carbocycles. The highest BCUT2D eigenvalue weighted by molar-refractivity contribution is 7.92. The summed E-state index contributed by atoms with van der Waals surface area (Å²) in [4.78, 5) is 13.1. The lowest BCUT2D eigenvalue weighted by molar-refractivity contribution is -0.119. The molecule has 1 heterocycles. The van der Waals surface area contributed by atoms with Crippen LogP contribution in [0.15, 0.2) is 76.7 Å². The summed E-state index contributed by atoms with van der Waals surface area (Å²) in [6.45, 7) is 9.05. The number of aromatic nitrogens is 1. The summed E-state index contributed by atoms with van der Waals surface area (Å²) in [6, 6.07) is 19.3. The van der Waals surface area contributed by atoms with E-state index in [4.69, 9.17) is 23.2 Å². The Hall–Kier alpha value is -3.59. The van der Waals surface area contributed by atoms with E-state index in [0.29, 0.717) is 15.7 Å². The first-order valence-corrected chi connectivity index (χ1v) is 14.7. The minimum atomic E-state index is -4.03. The van der Waals surface area contributed by atoms with Crippen LogP contribution in [0.25, 0.3) is 5.69 Å². The van der Waals surface area contributed by atoms with Crippen molar-refractivity contribution in [1.82, 2.24) is 9.99 Å². The smallest absolute Gasteiger partial charge is 0.264 e. The maximum absolute atomic E-state index is 13.7. The number of halogens is 2. The molecule has 208 valence electrons. The molecule has 4 rings (SSSR count). The number of hydrogen-bond acceptors (Lipinski definition) is 4. The second-order valence-corrected chi connectivity index (χ2v) is 12.3. The average Bonchev–Trinajstić information content (AvgIpc) is 3.17. The number of rotatable bonds is 8. The zero-order chi connectivity index (χ0) is 29.2. The van der Waals surface area contributed by atoms with Gasteiger partial charge in [-0.1, -0.05) is 58.6 Å². The van der Waals surface area contributed by atoms with E-state index in [1.54, 1.807) is 42.5 Å². The number of aryl methyl sites for hydroxylation is 4. The number of hydrogen-bond donors (Lipinski definition) is 1. The van der Waals surface area contributed by atoms with Crippen molar-refractivity contribution in [2.75, 3.05) is 10.8 Å². The van der Waals surface area contributed by atoms with Crippen LogP contribution in [-0.2, 0) is 14.8 Å². The topological polar surface area (TPSA) is 83.8 Å². The molecule has 0 spiro atoms. The lowest BCUT2D eigenvalue weighted by atomic mass is 10.1. The molecule has 0 aliphatic rings. The highest BCUT2D eigenvalue weighted by Gasteiger charge is 2.28. The Kier molecular flexibility index (Phi) is 8.73. The molecule has 0 saturated heterocycles. The predicted octanol–water partition coefficient (Wildman–Crippen LogP) is 6.67. The third kappa shape index (κ3) is 6.25. The number of anilines is 1. The average molecular weight is 598 g/mol. The Morgan fingerprint density at radius 1 is 0.900 bits per heavy atom. The minimum Gasteiger partial charge on any atom is -0.318 e. The van der Waals surface area contributed by atoms with E-state index in [1.807, 2.05) is 63.5 Å². The van der Waals surface area contributed by atoms with Crippen LogP contribution in [0.4, 0.5) is 5.69 Å². The molecule has 0 aliphatic heterocycles. The lowest BCUT2D eigenvalue weighted by Crippen LogP contribution is -2.40. The van der Waals surface area contributed by atoms with Gasteiger partial charge in [-0.15, -0.1) is 0 Å². The van der Waals surface area contributed by atoms with Gasteiger partial charge in [0, 0.05) is 22.6 Å². The SMILES string of the molecule is Cc1ccc(S(=O)(=O)N(CC(=O)N/N=C\c2cc(C)n(-c3ccc(Cl)c(Cl)c3)c2C)c2ccc(C)cc2C)cc1. The number of hydrazone groups is 1. The second-order valence-electron chi connectivity index (χ2n) is 9.67. The van der Waals surface area contributed by atoms with E-state index < -0.39 is 22.5 Å². The van der Waals surface area contributed by atoms with Gasteiger partial charge in [-0.05, 0) is 82.6 Å². The van der Waals surface area contributed by atoms with Crippen LogP contribution in [0, 0.1) is 34.6 Å². The molecule has 10 heteroatoms. The molecule has 1 N–H and O–H groups in total. The van der Waals surface area contributed by atoms with Crippen LogP contribution in [0.5, 0.6) is 0 Å². The Balaban J connectivity index is 1.58. The number of nitrogens with one attached hydrogen (secondary N) is 1. The van der Waals surface area contributed by atoms with Crippen molar-refractivity contribution < 1.29 is 13.2 Å². The fourth-order valence-corrected chi connectivity index (χ4v) is 6.28. The molecule has 0 atom stereocenters. The van der Waals surface area contributed by atoms with Gasteiger partial charge in [-0.2, -0.15) is 5.10 Å². The van der Waals surface area contributed by atoms with Crippen molar-refractivity contribution in [3.05, 3.63) is 110 Å². The van der Waals surface area contributed by atoms with Gasteiger partial charge in [0.05, 0.1) is 26.8 Å². The summed E-state index contributed by atoms with van der Waals surface area (Å²) < 4.78 is 30.4. The Bertz CT molecular complexity index is 1710. The quantitative estimate of drug-likeness (QED) is 0.182. The first-order chi connectivity index (χ1) is 18.9. The van der Waals surface area contributed by atoms with Gasteiger partial charge in [-0.25, -0.2) is 13.8 Å². The lowest BCUT2D eigenvalue weighted by Gasteiger charge is -2.25. The molecule has 0 fully saturated rings. The zero-order valence-electron chi connectivity index (χ0n) is 22.9. The summed E-state index contributed by atoms with van der Waals surface area (Å²) in [7, 11) is -4.03. The van der Waals surface area contributed by atoms with Gasteiger partial charge in [0.1, 0.15) is 6.54 Å². The number of amides is 1. The van der Waals surface area contributed by atoms with Gasteiger partial charge >= 0.3 is 0 Å². The number of benzene rings is 3. The molecule has 0 aliphatic carbocycles. The summed E-state index contributed by atoms with van der Waals surface area (Å²) in [6.07, 6.45) is 1.53. The molecule has 4 aromatic rings. The second kappa shape index (κ2) is 11.9. The molecule has 0 unspecified atom stereocenters. The third-order valence-electron chi connectivity index (χ3n) is 6.54. The zero-order valence-corrected chi connectivity index (χ0v) is 25.2. The van der Waals surface area contributed by atoms with Crippen molar-refractivity contribution in [2.45, 2.75) is 39.5 Å². The summed E-state index contributed by atoms with van der Waals surface area (Å²) >= 11 is 12.3. The van der Waals surface area contributed by atoms with Crippen LogP contribution >= 0.6 is 23.2 Å². The number of nitrogens with zero attached hydrogens (tertiary/aromatic N) is 3. The van der Waals surface area contributed by atoms with E-state index in [1.165, 1.54) is 6.21 Å². The van der Waals surface area contributed by atoms with E-state index in [-0.39, 0.29) is 4.90 Å². The fraction of sp³-hybridized carbons (Fsp3) is 0.200. The monoisotopic (exact) mass is 596 g/mol. The normalized spacial score (nSPS) is 11.7. The first-order valence-electron chi connectivity index (χ1n) is 12.5. The van der Waals surface area contributed by atoms with Crippen LogP contribution < -0.4 is 9.73 Å². The van der Waals surface area contributed by atoms with E-state index in [9.17, 15) is 13.2 Å². The summed E-state index contributed by atoms with van der Waals surface area (Å²) in [5.74, 6) is -0.579. The van der Waals surface area contributed by atoms with Crippen molar-refractivity contribution in [3.63, 3.8) is 0 Å². The van der Waals surface area contributed by atoms with Crippen molar-refractivity contribution in [3.8, 4) is 5.69 Å². The highest BCUT2D eigenvalue weighted by Crippen LogP contribution is 2.29. The van der Waals surface area contributed by atoms with Crippen molar-refractivity contribution in [2.24, 2.45) is 5.10 Å². The van der Waals surface area contributed by atoms with E-state index >= 15 is 0 Å². The fourth-order valence-electron chi connectivity index (χ4n) is 4.50. The third-order valence-corrected chi connectivity index (χ3v) is 9.05. The first kappa shape index (κ1) is 29.4. The van der Waals surface area contributed by atoms with Crippen molar-refractivity contribution >= 4 is 51.0 Å². The molecular formula is C30H30Cl2N4O3S. The largest absolute Gasteiger partial charge is 0.318 e. The number of carbonyl (C=O) groups excluding carboxylic acids is 1. The predicted molar refractivity (Wildman–Crippen MR) is 163 cm³/mol. The van der Waals surface area contributed by atoms with Gasteiger partial charge in [0.15, 0.2) is 0 Å². The van der Waals surface area contributed by atoms with Crippen molar-refractivity contribution in [1.29, 1.82) is 0 Å². The molecule has 40 heavy (non-hydrogen) atoms.